The summed E-state index contributed by atoms with van der Waals surface area (Å²) in [7, 11) is 0. The van der Waals surface area contributed by atoms with Crippen LogP contribution in [0.4, 0.5) is 0 Å². The zero-order valence-corrected chi connectivity index (χ0v) is 6.59. The highest BCUT2D eigenvalue weighted by molar-refractivity contribution is 5.24. The van der Waals surface area contributed by atoms with Gasteiger partial charge < -0.3 is 5.01 Å². The Hall–Kier alpha value is -0.760. The van der Waals surface area contributed by atoms with Crippen molar-refractivity contribution >= 4 is 0 Å². The summed E-state index contributed by atoms with van der Waals surface area (Å²) in [5, 5.41) is 2.07. The van der Waals surface area contributed by atoms with E-state index < -0.39 is 0 Å². The maximum absolute atomic E-state index is 3.73. The molecule has 0 aliphatic carbocycles. The van der Waals surface area contributed by atoms with E-state index in [2.05, 4.69) is 37.1 Å². The fourth-order valence-corrected chi connectivity index (χ4v) is 1.06. The highest BCUT2D eigenvalue weighted by atomic mass is 15.5. The lowest BCUT2D eigenvalue weighted by Gasteiger charge is -2.14. The van der Waals surface area contributed by atoms with E-state index in [-0.39, 0.29) is 0 Å². The molecule has 0 bridgehead atoms. The standard InChI is InChI=1S/C8H14N2/c1-4-8-6-10(5-2)9-7(8)3/h4,6-7,9H,1,5H2,2-3H3. The van der Waals surface area contributed by atoms with Crippen LogP contribution in [-0.2, 0) is 0 Å². The predicted molar refractivity (Wildman–Crippen MR) is 43.3 cm³/mol. The fourth-order valence-electron chi connectivity index (χ4n) is 1.06. The van der Waals surface area contributed by atoms with Gasteiger partial charge >= 0.3 is 0 Å². The Bertz CT molecular complexity index is 161. The van der Waals surface area contributed by atoms with E-state index in [1.807, 2.05) is 6.08 Å². The first-order valence-corrected chi connectivity index (χ1v) is 3.65. The van der Waals surface area contributed by atoms with Gasteiger partial charge in [-0.05, 0) is 19.4 Å². The van der Waals surface area contributed by atoms with E-state index in [0.717, 1.165) is 6.54 Å². The van der Waals surface area contributed by atoms with E-state index in [9.17, 15) is 0 Å². The minimum absolute atomic E-state index is 0.428. The number of nitrogens with zero attached hydrogens (tertiary/aromatic N) is 1. The van der Waals surface area contributed by atoms with Gasteiger partial charge in [-0.2, -0.15) is 0 Å². The molecule has 0 aromatic heterocycles. The van der Waals surface area contributed by atoms with Gasteiger partial charge in [0.15, 0.2) is 0 Å². The fraction of sp³-hybridized carbons (Fsp3) is 0.500. The van der Waals surface area contributed by atoms with Gasteiger partial charge in [0, 0.05) is 18.8 Å². The SMILES string of the molecule is C=CC1=CN(CC)NC1C. The minimum Gasteiger partial charge on any atom is -0.315 e. The number of hydrogen-bond donors (Lipinski definition) is 1. The molecule has 2 heteroatoms. The number of hydrazine groups is 1. The molecule has 1 unspecified atom stereocenters. The molecule has 0 saturated heterocycles. The molecule has 10 heavy (non-hydrogen) atoms. The summed E-state index contributed by atoms with van der Waals surface area (Å²) in [5.41, 5.74) is 4.54. The first-order valence-electron chi connectivity index (χ1n) is 3.65. The molecule has 0 aromatic carbocycles. The summed E-state index contributed by atoms with van der Waals surface area (Å²) in [6.45, 7) is 8.97. The van der Waals surface area contributed by atoms with Crippen molar-refractivity contribution in [3.63, 3.8) is 0 Å². The summed E-state index contributed by atoms with van der Waals surface area (Å²) in [4.78, 5) is 0. The maximum atomic E-state index is 3.73. The third-order valence-electron chi connectivity index (χ3n) is 1.74. The summed E-state index contributed by atoms with van der Waals surface area (Å²) >= 11 is 0. The smallest absolute Gasteiger partial charge is 0.0498 e. The molecule has 56 valence electrons. The highest BCUT2D eigenvalue weighted by Gasteiger charge is 2.14. The third kappa shape index (κ3) is 1.21. The van der Waals surface area contributed by atoms with Crippen molar-refractivity contribution in [1.82, 2.24) is 10.4 Å². The molecule has 1 atom stereocenters. The Balaban J connectivity index is 2.62. The van der Waals surface area contributed by atoms with Crippen LogP contribution in [0.25, 0.3) is 0 Å². The van der Waals surface area contributed by atoms with Gasteiger partial charge in [-0.3, -0.25) is 0 Å². The zero-order valence-electron chi connectivity index (χ0n) is 6.59. The van der Waals surface area contributed by atoms with Crippen LogP contribution in [0.5, 0.6) is 0 Å². The molecule has 0 radical (unpaired) electrons. The first-order chi connectivity index (χ1) is 4.77. The van der Waals surface area contributed by atoms with Gasteiger partial charge in [0.1, 0.15) is 0 Å². The highest BCUT2D eigenvalue weighted by Crippen LogP contribution is 2.11. The van der Waals surface area contributed by atoms with Gasteiger partial charge in [0.05, 0.1) is 0 Å². The lowest BCUT2D eigenvalue weighted by Crippen LogP contribution is -2.33. The van der Waals surface area contributed by atoms with E-state index in [0.29, 0.717) is 6.04 Å². The zero-order chi connectivity index (χ0) is 7.56. The maximum Gasteiger partial charge on any atom is 0.0498 e. The van der Waals surface area contributed by atoms with Crippen molar-refractivity contribution in [2.75, 3.05) is 6.54 Å². The predicted octanol–water partition coefficient (Wildman–Crippen LogP) is 1.28. The Labute approximate surface area is 62.2 Å². The van der Waals surface area contributed by atoms with Crippen molar-refractivity contribution in [3.8, 4) is 0 Å². The van der Waals surface area contributed by atoms with Crippen LogP contribution in [0.3, 0.4) is 0 Å². The van der Waals surface area contributed by atoms with Gasteiger partial charge in [-0.25, -0.2) is 5.43 Å². The van der Waals surface area contributed by atoms with Crippen LogP contribution in [0.2, 0.25) is 0 Å². The van der Waals surface area contributed by atoms with E-state index in [1.165, 1.54) is 5.57 Å². The van der Waals surface area contributed by atoms with Crippen molar-refractivity contribution in [1.29, 1.82) is 0 Å². The van der Waals surface area contributed by atoms with Crippen molar-refractivity contribution in [3.05, 3.63) is 24.4 Å². The molecule has 2 nitrogen and oxygen atoms in total. The number of hydrogen-bond acceptors (Lipinski definition) is 2. The molecular formula is C8H14N2. The number of rotatable bonds is 2. The van der Waals surface area contributed by atoms with E-state index in [4.69, 9.17) is 0 Å². The molecule has 1 N–H and O–H groups in total. The molecule has 0 amide bonds. The molecule has 0 saturated carbocycles. The number of nitrogens with one attached hydrogen (secondary N) is 1. The summed E-state index contributed by atoms with van der Waals surface area (Å²) in [6.07, 6.45) is 3.99. The minimum atomic E-state index is 0.428. The average Bonchev–Trinajstić information content (AvgIpc) is 2.30. The molecule has 1 aliphatic rings. The van der Waals surface area contributed by atoms with E-state index in [1.54, 1.807) is 0 Å². The molecule has 1 rings (SSSR count). The lowest BCUT2D eigenvalue weighted by molar-refractivity contribution is 0.294. The third-order valence-corrected chi connectivity index (χ3v) is 1.74. The Morgan fingerprint density at radius 2 is 2.60 bits per heavy atom. The van der Waals surface area contributed by atoms with Gasteiger partial charge in [-0.1, -0.05) is 12.7 Å². The second kappa shape index (κ2) is 2.88. The largest absolute Gasteiger partial charge is 0.315 e. The summed E-state index contributed by atoms with van der Waals surface area (Å²) in [5.74, 6) is 0. The monoisotopic (exact) mass is 138 g/mol. The second-order valence-corrected chi connectivity index (χ2v) is 2.47. The van der Waals surface area contributed by atoms with E-state index >= 15 is 0 Å². The van der Waals surface area contributed by atoms with Crippen LogP contribution < -0.4 is 5.43 Å². The normalized spacial score (nSPS) is 24.8. The Morgan fingerprint density at radius 3 is 2.90 bits per heavy atom. The van der Waals surface area contributed by atoms with Crippen LogP contribution in [0.15, 0.2) is 24.4 Å². The van der Waals surface area contributed by atoms with Crippen LogP contribution in [-0.4, -0.2) is 17.6 Å². The Morgan fingerprint density at radius 1 is 1.90 bits per heavy atom. The van der Waals surface area contributed by atoms with Crippen molar-refractivity contribution in [2.24, 2.45) is 0 Å². The summed E-state index contributed by atoms with van der Waals surface area (Å²) < 4.78 is 0. The first kappa shape index (κ1) is 7.35. The second-order valence-electron chi connectivity index (χ2n) is 2.47. The van der Waals surface area contributed by atoms with Gasteiger partial charge in [-0.15, -0.1) is 0 Å². The van der Waals surface area contributed by atoms with Crippen molar-refractivity contribution in [2.45, 2.75) is 19.9 Å². The van der Waals surface area contributed by atoms with Crippen LogP contribution >= 0.6 is 0 Å². The molecule has 1 aliphatic heterocycles. The van der Waals surface area contributed by atoms with Crippen LogP contribution in [0, 0.1) is 0 Å². The average molecular weight is 138 g/mol. The molecular weight excluding hydrogens is 124 g/mol. The van der Waals surface area contributed by atoms with Gasteiger partial charge in [0.25, 0.3) is 0 Å². The van der Waals surface area contributed by atoms with Crippen molar-refractivity contribution < 1.29 is 0 Å². The lowest BCUT2D eigenvalue weighted by atomic mass is 10.2. The topological polar surface area (TPSA) is 15.3 Å². The summed E-state index contributed by atoms with van der Waals surface area (Å²) in [6, 6.07) is 0.428. The molecule has 0 fully saturated rings. The van der Waals surface area contributed by atoms with Gasteiger partial charge in [0.2, 0.25) is 0 Å². The van der Waals surface area contributed by atoms with Crippen LogP contribution in [0.1, 0.15) is 13.8 Å². The molecule has 0 spiro atoms. The Kier molecular flexibility index (Phi) is 2.12. The molecule has 1 heterocycles. The quantitative estimate of drug-likeness (QED) is 0.618. The molecule has 0 aromatic rings.